The largest absolute Gasteiger partial charge is 0.454 e. The van der Waals surface area contributed by atoms with Gasteiger partial charge in [-0.1, -0.05) is 40.9 Å². The Morgan fingerprint density at radius 2 is 1.97 bits per heavy atom. The van der Waals surface area contributed by atoms with Crippen LogP contribution in [0.5, 0.6) is 0 Å². The van der Waals surface area contributed by atoms with Gasteiger partial charge in [0.1, 0.15) is 11.8 Å². The van der Waals surface area contributed by atoms with Crippen LogP contribution in [0.25, 0.3) is 6.08 Å². The molecule has 2 heterocycles. The van der Waals surface area contributed by atoms with Crippen LogP contribution in [0.4, 0.5) is 8.78 Å². The van der Waals surface area contributed by atoms with E-state index in [2.05, 4.69) is 10.1 Å². The fraction of sp³-hybridized carbons (Fsp3) is 0.211. The summed E-state index contributed by atoms with van der Waals surface area (Å²) in [4.78, 5) is 15.7. The number of esters is 1. The molecule has 3 rings (SSSR count). The van der Waals surface area contributed by atoms with Crippen molar-refractivity contribution in [1.82, 2.24) is 19.3 Å². The molecule has 0 unspecified atom stereocenters. The fourth-order valence-electron chi connectivity index (χ4n) is 2.66. The first-order valence-electron chi connectivity index (χ1n) is 8.58. The fourth-order valence-corrected chi connectivity index (χ4v) is 3.48. The number of nitrogens with zero attached hydrogens (tertiary/aromatic N) is 4. The lowest BCUT2D eigenvalue weighted by Crippen LogP contribution is -2.08. The molecule has 0 N–H and O–H groups in total. The van der Waals surface area contributed by atoms with Gasteiger partial charge in [0, 0.05) is 39.6 Å². The lowest BCUT2D eigenvalue weighted by Gasteiger charge is -2.08. The molecule has 0 saturated carbocycles. The molecule has 30 heavy (non-hydrogen) atoms. The predicted molar refractivity (Wildman–Crippen MR) is 110 cm³/mol. The van der Waals surface area contributed by atoms with Crippen molar-refractivity contribution in [2.45, 2.75) is 26.6 Å². The summed E-state index contributed by atoms with van der Waals surface area (Å²) in [6.45, 7) is -1.19. The van der Waals surface area contributed by atoms with E-state index >= 15 is 0 Å². The highest BCUT2D eigenvalue weighted by molar-refractivity contribution is 6.36. The van der Waals surface area contributed by atoms with E-state index in [9.17, 15) is 13.6 Å². The second kappa shape index (κ2) is 9.59. The molecular formula is C19H15Cl3F2N4O2. The van der Waals surface area contributed by atoms with E-state index in [4.69, 9.17) is 39.5 Å². The van der Waals surface area contributed by atoms with Crippen LogP contribution < -0.4 is 0 Å². The van der Waals surface area contributed by atoms with Gasteiger partial charge in [-0.25, -0.2) is 14.5 Å². The first kappa shape index (κ1) is 22.3. The van der Waals surface area contributed by atoms with E-state index in [0.29, 0.717) is 31.4 Å². The zero-order valence-corrected chi connectivity index (χ0v) is 17.8. The lowest BCUT2D eigenvalue weighted by atomic mass is 10.2. The zero-order valence-electron chi connectivity index (χ0n) is 15.5. The number of imidazole rings is 1. The number of benzene rings is 1. The summed E-state index contributed by atoms with van der Waals surface area (Å²) in [5, 5.41) is 5.59. The Balaban J connectivity index is 1.70. The van der Waals surface area contributed by atoms with Crippen molar-refractivity contribution in [2.24, 2.45) is 0 Å². The van der Waals surface area contributed by atoms with Crippen LogP contribution in [0.15, 0.2) is 36.7 Å². The number of carbonyl (C=O) groups is 1. The lowest BCUT2D eigenvalue weighted by molar-refractivity contribution is -0.139. The summed E-state index contributed by atoms with van der Waals surface area (Å²) in [6, 6.07) is 5.16. The molecule has 0 aliphatic heterocycles. The normalized spacial score (nSPS) is 11.6. The molecule has 11 heteroatoms. The van der Waals surface area contributed by atoms with Gasteiger partial charge in [0.2, 0.25) is 0 Å². The number of halogens is 5. The predicted octanol–water partition coefficient (Wildman–Crippen LogP) is 5.55. The Kier molecular flexibility index (Phi) is 7.12. The summed E-state index contributed by atoms with van der Waals surface area (Å²) < 4.78 is 32.6. The van der Waals surface area contributed by atoms with Crippen molar-refractivity contribution >= 4 is 46.8 Å². The number of carbonyl (C=O) groups excluding carboxylic acids is 1. The summed E-state index contributed by atoms with van der Waals surface area (Å²) in [6.07, 6.45) is 4.88. The molecule has 0 fully saturated rings. The third kappa shape index (κ3) is 5.00. The number of aryl methyl sites for hydroxylation is 1. The SMILES string of the molecule is Cc1nn(Cc2c(Cl)cccc2Cl)c(Cl)c1C=CC(=O)OCc1nccn1C(F)F. The molecule has 0 amide bonds. The van der Waals surface area contributed by atoms with Gasteiger partial charge in [-0.05, 0) is 25.1 Å². The molecular weight excluding hydrogens is 461 g/mol. The minimum Gasteiger partial charge on any atom is -0.454 e. The van der Waals surface area contributed by atoms with E-state index in [-0.39, 0.29) is 17.5 Å². The number of alkyl halides is 2. The Morgan fingerprint density at radius 1 is 1.27 bits per heavy atom. The highest BCUT2D eigenvalue weighted by Gasteiger charge is 2.15. The van der Waals surface area contributed by atoms with Gasteiger partial charge in [0.15, 0.2) is 5.82 Å². The average molecular weight is 476 g/mol. The van der Waals surface area contributed by atoms with Gasteiger partial charge in [-0.2, -0.15) is 13.9 Å². The topological polar surface area (TPSA) is 61.9 Å². The number of hydrogen-bond donors (Lipinski definition) is 0. The maximum absolute atomic E-state index is 12.8. The molecule has 6 nitrogen and oxygen atoms in total. The van der Waals surface area contributed by atoms with Crippen molar-refractivity contribution < 1.29 is 18.3 Å². The van der Waals surface area contributed by atoms with Crippen molar-refractivity contribution in [1.29, 1.82) is 0 Å². The minimum absolute atomic E-state index is 0.0644. The molecule has 0 radical (unpaired) electrons. The first-order chi connectivity index (χ1) is 14.3. The second-order valence-corrected chi connectivity index (χ2v) is 7.29. The number of hydrogen-bond acceptors (Lipinski definition) is 4. The third-order valence-electron chi connectivity index (χ3n) is 4.17. The van der Waals surface area contributed by atoms with Crippen LogP contribution in [0.1, 0.15) is 29.2 Å². The van der Waals surface area contributed by atoms with Crippen LogP contribution in [0, 0.1) is 6.92 Å². The molecule has 0 atom stereocenters. The van der Waals surface area contributed by atoms with E-state index in [0.717, 1.165) is 12.3 Å². The van der Waals surface area contributed by atoms with Gasteiger partial charge in [-0.15, -0.1) is 0 Å². The van der Waals surface area contributed by atoms with Crippen LogP contribution >= 0.6 is 34.8 Å². The third-order valence-corrected chi connectivity index (χ3v) is 5.27. The highest BCUT2D eigenvalue weighted by atomic mass is 35.5. The van der Waals surface area contributed by atoms with Crippen molar-refractivity contribution in [2.75, 3.05) is 0 Å². The smallest absolute Gasteiger partial charge is 0.331 e. The summed E-state index contributed by atoms with van der Waals surface area (Å²) in [7, 11) is 0. The molecule has 2 aromatic heterocycles. The molecule has 0 aliphatic rings. The van der Waals surface area contributed by atoms with E-state index < -0.39 is 19.1 Å². The molecule has 0 bridgehead atoms. The Labute approximate surface area is 185 Å². The minimum atomic E-state index is -2.77. The molecule has 0 saturated heterocycles. The van der Waals surface area contributed by atoms with Gasteiger partial charge >= 0.3 is 12.5 Å². The molecule has 0 spiro atoms. The monoisotopic (exact) mass is 474 g/mol. The van der Waals surface area contributed by atoms with Crippen molar-refractivity contribution in [3.05, 3.63) is 74.5 Å². The molecule has 158 valence electrons. The zero-order chi connectivity index (χ0) is 21.8. The van der Waals surface area contributed by atoms with Crippen LogP contribution in [0.3, 0.4) is 0 Å². The highest BCUT2D eigenvalue weighted by Crippen LogP contribution is 2.28. The van der Waals surface area contributed by atoms with Gasteiger partial charge in [-0.3, -0.25) is 4.57 Å². The molecule has 3 aromatic rings. The number of rotatable bonds is 7. The maximum atomic E-state index is 12.8. The van der Waals surface area contributed by atoms with Crippen LogP contribution in [-0.4, -0.2) is 25.3 Å². The summed E-state index contributed by atoms with van der Waals surface area (Å²) >= 11 is 18.8. The molecule has 0 aliphatic carbocycles. The van der Waals surface area contributed by atoms with Crippen molar-refractivity contribution in [3.8, 4) is 0 Å². The van der Waals surface area contributed by atoms with E-state index in [1.54, 1.807) is 25.1 Å². The van der Waals surface area contributed by atoms with E-state index in [1.165, 1.54) is 17.0 Å². The first-order valence-corrected chi connectivity index (χ1v) is 9.71. The number of aromatic nitrogens is 4. The van der Waals surface area contributed by atoms with E-state index in [1.807, 2.05) is 0 Å². The van der Waals surface area contributed by atoms with Crippen LogP contribution in [-0.2, 0) is 22.7 Å². The maximum Gasteiger partial charge on any atom is 0.331 e. The Bertz CT molecular complexity index is 1080. The quantitative estimate of drug-likeness (QED) is 0.332. The summed E-state index contributed by atoms with van der Waals surface area (Å²) in [5.41, 5.74) is 1.74. The van der Waals surface area contributed by atoms with Crippen molar-refractivity contribution in [3.63, 3.8) is 0 Å². The Morgan fingerprint density at radius 3 is 2.63 bits per heavy atom. The summed E-state index contributed by atoms with van der Waals surface area (Å²) in [5.74, 6) is -0.804. The van der Waals surface area contributed by atoms with Gasteiger partial charge in [0.25, 0.3) is 0 Å². The average Bonchev–Trinajstić information content (AvgIpc) is 3.26. The standard InChI is InChI=1S/C19H15Cl3F2N4O2/c1-11-12(5-6-17(29)30-10-16-25-7-8-27(16)19(23)24)18(22)28(26-11)9-13-14(20)3-2-4-15(13)21/h2-8,19H,9-10H2,1H3. The second-order valence-electron chi connectivity index (χ2n) is 6.12. The molecule has 1 aromatic carbocycles. The van der Waals surface area contributed by atoms with Gasteiger partial charge in [0.05, 0.1) is 12.2 Å². The van der Waals surface area contributed by atoms with Crippen LogP contribution in [0.2, 0.25) is 15.2 Å². The number of ether oxygens (including phenoxy) is 1. The van der Waals surface area contributed by atoms with Gasteiger partial charge < -0.3 is 4.74 Å². The Hall–Kier alpha value is -2.42.